The summed E-state index contributed by atoms with van der Waals surface area (Å²) in [7, 11) is 1.92. The lowest BCUT2D eigenvalue weighted by molar-refractivity contribution is -0.122. The number of aromatic nitrogens is 5. The predicted molar refractivity (Wildman–Crippen MR) is 95.9 cm³/mol. The smallest absolute Gasteiger partial charge is 0.290 e. The van der Waals surface area contributed by atoms with Gasteiger partial charge in [-0.25, -0.2) is 9.97 Å². The molecule has 1 amide bonds. The molecule has 0 aliphatic rings. The Morgan fingerprint density at radius 3 is 2.65 bits per heavy atom. The van der Waals surface area contributed by atoms with E-state index >= 15 is 0 Å². The molecule has 3 heterocycles. The summed E-state index contributed by atoms with van der Waals surface area (Å²) in [5.41, 5.74) is 1.25. The minimum Gasteiger partial charge on any atom is -0.483 e. The van der Waals surface area contributed by atoms with E-state index in [0.717, 1.165) is 35.6 Å². The van der Waals surface area contributed by atoms with E-state index in [1.165, 1.54) is 0 Å². The van der Waals surface area contributed by atoms with Crippen molar-refractivity contribution in [1.29, 1.82) is 0 Å². The monoisotopic (exact) mass is 358 g/mol. The van der Waals surface area contributed by atoms with E-state index in [-0.39, 0.29) is 12.4 Å². The zero-order chi connectivity index (χ0) is 19.1. The van der Waals surface area contributed by atoms with E-state index in [2.05, 4.69) is 20.4 Å². The van der Waals surface area contributed by atoms with Crippen molar-refractivity contribution in [2.45, 2.75) is 26.8 Å². The second-order valence-electron chi connectivity index (χ2n) is 5.68. The predicted octanol–water partition coefficient (Wildman–Crippen LogP) is 1.30. The molecule has 0 spiro atoms. The van der Waals surface area contributed by atoms with E-state index < -0.39 is 0 Å². The summed E-state index contributed by atoms with van der Waals surface area (Å²) >= 11 is 0. The molecule has 0 atom stereocenters. The third-order valence-electron chi connectivity index (χ3n) is 3.74. The summed E-state index contributed by atoms with van der Waals surface area (Å²) in [5, 5.41) is 15.1. The van der Waals surface area contributed by atoms with Crippen molar-refractivity contribution < 1.29 is 14.7 Å². The van der Waals surface area contributed by atoms with Crippen LogP contribution in [-0.4, -0.2) is 48.3 Å². The summed E-state index contributed by atoms with van der Waals surface area (Å²) in [6.45, 7) is 4.86. The maximum absolute atomic E-state index is 12.2. The lowest BCUT2D eigenvalue weighted by Gasteiger charge is -2.06. The summed E-state index contributed by atoms with van der Waals surface area (Å²) in [5.74, 6) is 1.51. The number of carbonyl (C=O) groups is 2. The van der Waals surface area contributed by atoms with E-state index in [0.29, 0.717) is 12.2 Å². The Kier molecular flexibility index (Phi) is 6.42. The molecule has 0 fully saturated rings. The maximum atomic E-state index is 12.2. The van der Waals surface area contributed by atoms with Gasteiger partial charge < -0.3 is 15.0 Å². The van der Waals surface area contributed by atoms with Crippen molar-refractivity contribution in [2.75, 3.05) is 6.54 Å². The molecule has 26 heavy (non-hydrogen) atoms. The molecule has 3 rings (SSSR count). The highest BCUT2D eigenvalue weighted by atomic mass is 16.3. The number of nitrogens with zero attached hydrogens (tertiary/aromatic N) is 5. The molecule has 0 radical (unpaired) electrons. The second kappa shape index (κ2) is 8.75. The minimum absolute atomic E-state index is 0.153. The van der Waals surface area contributed by atoms with E-state index in [1.54, 1.807) is 6.07 Å². The molecule has 0 bridgehead atoms. The zero-order valence-corrected chi connectivity index (χ0v) is 15.0. The lowest BCUT2D eigenvalue weighted by Crippen LogP contribution is -2.26. The number of amides is 1. The molecule has 0 aliphatic carbocycles. The first-order valence-electron chi connectivity index (χ1n) is 8.12. The van der Waals surface area contributed by atoms with Gasteiger partial charge >= 0.3 is 0 Å². The average Bonchev–Trinajstić information content (AvgIpc) is 3.14. The van der Waals surface area contributed by atoms with Crippen molar-refractivity contribution >= 4 is 23.4 Å². The number of nitrogens with one attached hydrogen (secondary N) is 1. The Bertz CT molecular complexity index is 899. The first-order valence-corrected chi connectivity index (χ1v) is 8.12. The fraction of sp³-hybridized carbons (Fsp3) is 0.353. The van der Waals surface area contributed by atoms with Gasteiger partial charge in [-0.1, -0.05) is 0 Å². The molecule has 0 unspecified atom stereocenters. The van der Waals surface area contributed by atoms with Crippen molar-refractivity contribution in [2.24, 2.45) is 7.05 Å². The SMILES string of the molecule is Cc1nc(C)n(CCCNC(=O)c2ccc3ccn(C)c3n2)n1.O=CO. The van der Waals surface area contributed by atoms with Crippen LogP contribution in [0.4, 0.5) is 0 Å². The number of aryl methyl sites for hydroxylation is 4. The molecule has 0 saturated heterocycles. The molecular formula is C17H22N6O3. The van der Waals surface area contributed by atoms with Crippen LogP contribution in [0.5, 0.6) is 0 Å². The Balaban J connectivity index is 0.000000758. The highest BCUT2D eigenvalue weighted by Crippen LogP contribution is 2.12. The van der Waals surface area contributed by atoms with E-state index in [1.807, 2.05) is 48.5 Å². The minimum atomic E-state index is -0.250. The molecule has 0 saturated carbocycles. The van der Waals surface area contributed by atoms with Crippen LogP contribution in [0.15, 0.2) is 24.4 Å². The summed E-state index contributed by atoms with van der Waals surface area (Å²) < 4.78 is 3.76. The second-order valence-corrected chi connectivity index (χ2v) is 5.68. The van der Waals surface area contributed by atoms with E-state index in [4.69, 9.17) is 9.90 Å². The van der Waals surface area contributed by atoms with Gasteiger partial charge in [0.1, 0.15) is 23.0 Å². The summed E-state index contributed by atoms with van der Waals surface area (Å²) in [6, 6.07) is 5.65. The molecule has 3 aromatic rings. The number of carbonyl (C=O) groups excluding carboxylic acids is 1. The number of pyridine rings is 1. The number of carboxylic acid groups (broad SMARTS) is 1. The highest BCUT2D eigenvalue weighted by molar-refractivity contribution is 5.94. The van der Waals surface area contributed by atoms with Gasteiger partial charge in [0.05, 0.1) is 0 Å². The van der Waals surface area contributed by atoms with Crippen molar-refractivity contribution in [3.63, 3.8) is 0 Å². The van der Waals surface area contributed by atoms with Gasteiger partial charge in [0.25, 0.3) is 12.4 Å². The Labute approximate surface area is 150 Å². The number of hydrogen-bond donors (Lipinski definition) is 2. The Hall–Kier alpha value is -3.23. The van der Waals surface area contributed by atoms with Crippen LogP contribution in [-0.2, 0) is 18.4 Å². The van der Waals surface area contributed by atoms with Gasteiger partial charge in [-0.3, -0.25) is 14.3 Å². The van der Waals surface area contributed by atoms with Gasteiger partial charge in [0, 0.05) is 31.7 Å². The fourth-order valence-corrected chi connectivity index (χ4v) is 2.56. The number of hydrogen-bond acceptors (Lipinski definition) is 5. The molecule has 2 N–H and O–H groups in total. The molecular weight excluding hydrogens is 336 g/mol. The first-order chi connectivity index (χ1) is 12.5. The topological polar surface area (TPSA) is 115 Å². The van der Waals surface area contributed by atoms with Crippen LogP contribution < -0.4 is 5.32 Å². The quantitative estimate of drug-likeness (QED) is 0.525. The molecule has 9 nitrogen and oxygen atoms in total. The maximum Gasteiger partial charge on any atom is 0.290 e. The number of fused-ring (bicyclic) bond motifs is 1. The number of rotatable bonds is 5. The summed E-state index contributed by atoms with van der Waals surface area (Å²) in [4.78, 5) is 29.2. The largest absolute Gasteiger partial charge is 0.483 e. The van der Waals surface area contributed by atoms with Crippen LogP contribution >= 0.6 is 0 Å². The normalized spacial score (nSPS) is 10.3. The Morgan fingerprint density at radius 2 is 2.00 bits per heavy atom. The zero-order valence-electron chi connectivity index (χ0n) is 15.0. The van der Waals surface area contributed by atoms with Gasteiger partial charge in [-0.05, 0) is 38.5 Å². The highest BCUT2D eigenvalue weighted by Gasteiger charge is 2.09. The van der Waals surface area contributed by atoms with E-state index in [9.17, 15) is 4.79 Å². The fourth-order valence-electron chi connectivity index (χ4n) is 2.56. The van der Waals surface area contributed by atoms with Gasteiger partial charge in [0.2, 0.25) is 0 Å². The molecule has 9 heteroatoms. The van der Waals surface area contributed by atoms with Crippen LogP contribution in [0.1, 0.15) is 28.6 Å². The third kappa shape index (κ3) is 4.65. The lowest BCUT2D eigenvalue weighted by atomic mass is 10.3. The van der Waals surface area contributed by atoms with Crippen LogP contribution in [0, 0.1) is 13.8 Å². The summed E-state index contributed by atoms with van der Waals surface area (Å²) in [6.07, 6.45) is 2.73. The van der Waals surface area contributed by atoms with Crippen LogP contribution in [0.3, 0.4) is 0 Å². The average molecular weight is 358 g/mol. The first kappa shape index (κ1) is 19.1. The van der Waals surface area contributed by atoms with Crippen LogP contribution in [0.25, 0.3) is 11.0 Å². The van der Waals surface area contributed by atoms with Gasteiger partial charge in [-0.2, -0.15) is 5.10 Å². The Morgan fingerprint density at radius 1 is 1.27 bits per heavy atom. The third-order valence-corrected chi connectivity index (χ3v) is 3.74. The molecule has 138 valence electrons. The molecule has 0 aromatic carbocycles. The van der Waals surface area contributed by atoms with Crippen molar-refractivity contribution in [3.8, 4) is 0 Å². The standard InChI is InChI=1S/C16H20N6O.CH2O2/c1-11-18-12(2)22(20-11)9-4-8-17-16(23)14-6-5-13-7-10-21(3)15(13)19-14;2-1-3/h5-7,10H,4,8-9H2,1-3H3,(H,17,23);1H,(H,2,3). The van der Waals surface area contributed by atoms with Crippen LogP contribution in [0.2, 0.25) is 0 Å². The molecule has 0 aliphatic heterocycles. The van der Waals surface area contributed by atoms with Gasteiger partial charge in [0.15, 0.2) is 0 Å². The van der Waals surface area contributed by atoms with Crippen molar-refractivity contribution in [3.05, 3.63) is 41.7 Å². The molecule has 3 aromatic heterocycles. The van der Waals surface area contributed by atoms with Crippen molar-refractivity contribution in [1.82, 2.24) is 29.6 Å². The van der Waals surface area contributed by atoms with Gasteiger partial charge in [-0.15, -0.1) is 0 Å².